The maximum atomic E-state index is 10.1. The van der Waals surface area contributed by atoms with E-state index in [4.69, 9.17) is 25.7 Å². The summed E-state index contributed by atoms with van der Waals surface area (Å²) in [7, 11) is 5.12. The molecule has 0 spiro atoms. The summed E-state index contributed by atoms with van der Waals surface area (Å²) in [6.45, 7) is 0.0208. The van der Waals surface area contributed by atoms with Crippen LogP contribution in [0.4, 0.5) is 4.39 Å². The van der Waals surface area contributed by atoms with E-state index in [2.05, 4.69) is 194 Å². The molecule has 17 aromatic rings. The molecule has 5 aromatic heterocycles. The molecule has 0 saturated heterocycles. The Balaban J connectivity index is 0.000000157. The van der Waals surface area contributed by atoms with Crippen molar-refractivity contribution in [2.45, 2.75) is 14.9 Å². The molecule has 448 valence electrons. The van der Waals surface area contributed by atoms with Crippen LogP contribution in [0.1, 0.15) is 14.9 Å². The van der Waals surface area contributed by atoms with E-state index in [0.717, 1.165) is 103 Å². The van der Waals surface area contributed by atoms with E-state index in [1.54, 1.807) is 27.5 Å². The van der Waals surface area contributed by atoms with Crippen LogP contribution in [0.3, 0.4) is 0 Å². The number of aromatic nitrogens is 6. The van der Waals surface area contributed by atoms with Gasteiger partial charge < -0.3 is 28.8 Å². The van der Waals surface area contributed by atoms with Crippen molar-refractivity contribution in [3.8, 4) is 28.6 Å². The van der Waals surface area contributed by atoms with Crippen molar-refractivity contribution in [1.82, 2.24) is 28.7 Å². The maximum absolute atomic E-state index is 10.1. The normalized spacial score (nSPS) is 10.7. The molecular weight excluding hydrogens is 1530 g/mol. The van der Waals surface area contributed by atoms with Gasteiger partial charge in [0, 0.05) is 36.1 Å². The Kier molecular flexibility index (Phi) is 24.9. The van der Waals surface area contributed by atoms with Gasteiger partial charge in [-0.15, -0.1) is 0 Å². The maximum Gasteiger partial charge on any atom is 1.00 e. The van der Waals surface area contributed by atoms with Crippen LogP contribution in [-0.2, 0) is 9.68 Å². The summed E-state index contributed by atoms with van der Waals surface area (Å²) in [5.41, 5.74) is 11.4. The fourth-order valence-corrected chi connectivity index (χ4v) is 11.9. The quantitative estimate of drug-likeness (QED) is 0.0382. The standard InChI is InChI=1S/C24H16N2O.C23H14N2O.C14H12N2O.C10H6Br2.CH2F.CH2O3.2CH4.2Cs/c1-27-17-10-11-18-19-12-15-6-2-3-7-16(15)13-23(19)26-22-9-5-4-8-21(22)25-24(26)20(18)14-17;26-16-9-10-17-18-11-14-5-1-2-6-15(14)12-22(18)25-21-8-4-3-7-20(21)24-23(25)19(17)13-16;1-17-11-6-4-5-10(9-11)14-15-12-7-2-3-8-13(12)16-14;11-9-5-7-3-1-2-4-8(7)6-10(9)12;1-2;2-1-4-3;;;;/h2-14H,1H3;1-13,26H;2-9H,1H3,(H,15,16);1-6H;1H2;1,3H;2*1H4;;/q;;;;-1;;;;2*+1/i/hD. The van der Waals surface area contributed by atoms with Crippen LogP contribution in [0.25, 0.3) is 133 Å². The number of aromatic amines is 1. The molecule has 0 saturated carbocycles. The van der Waals surface area contributed by atoms with Crippen LogP contribution in [0, 0.1) is 7.18 Å². The van der Waals surface area contributed by atoms with Gasteiger partial charge in [0.2, 0.25) is 0 Å². The van der Waals surface area contributed by atoms with Gasteiger partial charge in [0.05, 0.1) is 58.4 Å². The number of benzene rings is 12. The van der Waals surface area contributed by atoms with E-state index >= 15 is 0 Å². The third-order valence-corrected chi connectivity index (χ3v) is 17.0. The Morgan fingerprint density at radius 3 is 1.38 bits per heavy atom. The Morgan fingerprint density at radius 1 is 0.467 bits per heavy atom. The molecule has 0 aliphatic heterocycles. The molecule has 12 nitrogen and oxygen atoms in total. The summed E-state index contributed by atoms with van der Waals surface area (Å²) >= 11 is 6.94. The van der Waals surface area contributed by atoms with Crippen molar-refractivity contribution in [3.05, 3.63) is 259 Å². The topological polar surface area (TPSA) is 148 Å². The van der Waals surface area contributed by atoms with Crippen molar-refractivity contribution < 1.29 is 172 Å². The molecule has 3 N–H and O–H groups in total. The van der Waals surface area contributed by atoms with E-state index in [1.807, 2.05) is 103 Å². The molecule has 5 heterocycles. The van der Waals surface area contributed by atoms with Crippen molar-refractivity contribution in [2.75, 3.05) is 14.2 Å². The zero-order valence-corrected chi connectivity index (χ0v) is 65.0. The minimum atomic E-state index is 0. The zero-order valence-electron chi connectivity index (χ0n) is 50.2. The average Bonchev–Trinajstić information content (AvgIpc) is 1.66. The van der Waals surface area contributed by atoms with E-state index in [9.17, 15) is 9.50 Å². The number of imidazole rings is 3. The molecule has 0 atom stereocenters. The first kappa shape index (κ1) is 70.0. The number of phenols is 1. The van der Waals surface area contributed by atoms with Gasteiger partial charge in [-0.05, 0) is 196 Å². The van der Waals surface area contributed by atoms with Crippen molar-refractivity contribution in [2.24, 2.45) is 0 Å². The Morgan fingerprint density at radius 2 is 0.902 bits per heavy atom. The van der Waals surface area contributed by atoms with Crippen molar-refractivity contribution >= 4 is 158 Å². The van der Waals surface area contributed by atoms with Crippen LogP contribution in [0.15, 0.2) is 252 Å². The first-order valence-corrected chi connectivity index (χ1v) is 29.2. The predicted octanol–water partition coefficient (Wildman–Crippen LogP) is 14.9. The van der Waals surface area contributed by atoms with Crippen molar-refractivity contribution in [3.63, 3.8) is 0 Å². The number of carbonyl (C=O) groups excluding carboxylic acids is 1. The summed E-state index contributed by atoms with van der Waals surface area (Å²) in [6, 6.07) is 82.6. The molecule has 12 aromatic carbocycles. The summed E-state index contributed by atoms with van der Waals surface area (Å²) in [5.74, 6) is 2.80. The van der Waals surface area contributed by atoms with Crippen LogP contribution >= 0.6 is 31.9 Å². The Hall–Kier alpha value is -6.35. The Labute approximate surface area is 666 Å². The number of nitrogens with zero attached hydrogens (tertiary/aromatic N) is 5. The molecule has 0 unspecified atom stereocenters. The average molecular weight is 1590 g/mol. The van der Waals surface area contributed by atoms with Gasteiger partial charge in [-0.1, -0.05) is 136 Å². The summed E-state index contributed by atoms with van der Waals surface area (Å²) in [4.78, 5) is 29.9. The number of hydrogen-bond acceptors (Lipinski definition) is 9. The molecular formula is C75H60Br2Cs2FN6O6+. The zero-order chi connectivity index (χ0) is 61.5. The smallest absolute Gasteiger partial charge is 0.508 e. The van der Waals surface area contributed by atoms with Gasteiger partial charge in [0.15, 0.2) is 0 Å². The second-order valence-electron chi connectivity index (χ2n) is 20.2. The van der Waals surface area contributed by atoms with E-state index in [-0.39, 0.29) is 165 Å². The van der Waals surface area contributed by atoms with E-state index in [0.29, 0.717) is 0 Å². The monoisotopic (exact) mass is 1580 g/mol. The molecule has 0 amide bonds. The fraction of sp³-hybridized carbons (Fsp3) is 0.0533. The number of pyridine rings is 2. The number of H-pyrrole nitrogens is 1. The molecule has 0 bridgehead atoms. The second-order valence-corrected chi connectivity index (χ2v) is 21.9. The fourth-order valence-electron chi connectivity index (χ4n) is 11.2. The number of ether oxygens (including phenoxy) is 2. The number of hydrogen-bond donors (Lipinski definition) is 3. The molecule has 0 fully saturated rings. The third-order valence-electron chi connectivity index (χ3n) is 15.2. The molecule has 0 aliphatic rings. The van der Waals surface area contributed by atoms with Gasteiger partial charge in [-0.3, -0.25) is 13.6 Å². The van der Waals surface area contributed by atoms with Gasteiger partial charge >= 0.3 is 144 Å². The number of fused-ring (bicyclic) bond motifs is 20. The summed E-state index contributed by atoms with van der Waals surface area (Å²) in [5, 5.41) is 27.3. The number of rotatable bonds is 5. The van der Waals surface area contributed by atoms with Gasteiger partial charge in [-0.25, -0.2) is 20.2 Å². The first-order valence-electron chi connectivity index (χ1n) is 28.0. The van der Waals surface area contributed by atoms with Crippen LogP contribution in [0.2, 0.25) is 0 Å². The minimum Gasteiger partial charge on any atom is -0.508 e. The number of carbonyl (C=O) groups is 1. The largest absolute Gasteiger partial charge is 1.00 e. The van der Waals surface area contributed by atoms with E-state index in [1.165, 1.54) is 48.6 Å². The van der Waals surface area contributed by atoms with Crippen LogP contribution < -0.4 is 147 Å². The van der Waals surface area contributed by atoms with Gasteiger partial charge in [0.25, 0.3) is 1.43 Å². The number of nitrogens with one attached hydrogen (secondary N) is 1. The number of methoxy groups -OCH3 is 2. The number of para-hydroxylation sites is 6. The minimum absolute atomic E-state index is 0. The second kappa shape index (κ2) is 32.7. The van der Waals surface area contributed by atoms with Gasteiger partial charge in [-0.2, -0.15) is 7.18 Å². The molecule has 0 aliphatic carbocycles. The number of halogens is 3. The van der Waals surface area contributed by atoms with Crippen molar-refractivity contribution in [1.29, 1.82) is 1.43 Å². The van der Waals surface area contributed by atoms with Crippen LogP contribution in [-0.4, -0.2) is 59.8 Å². The molecule has 17 rings (SSSR count). The van der Waals surface area contributed by atoms with Crippen LogP contribution in [0.5, 0.6) is 17.2 Å². The third kappa shape index (κ3) is 14.8. The molecule has 0 radical (unpaired) electrons. The SMILES string of the molecule is Brc1cc2ccccc2cc1Br.C.C.COc1ccc2c3cc4ccccc4cc3n3c4ccccc4nc3c2c1.COc1cccc(-c2nc3ccccc3[nH]2)c1.Oc1ccc2c3cc4ccccc4cc3n3c4ccccc4nc3c2c1.[2H]OOC=O.[CH2-]F.[Cs+].[Cs+]. The van der Waals surface area contributed by atoms with E-state index < -0.39 is 0 Å². The molecule has 17 heteroatoms. The first-order chi connectivity index (χ1) is 43.7. The number of aromatic hydroxyl groups is 1. The Bertz CT molecular complexity index is 5410. The number of phenolic OH excluding ortho intramolecular Hbond substituents is 1. The molecule has 92 heavy (non-hydrogen) atoms. The summed E-state index contributed by atoms with van der Waals surface area (Å²) in [6.07, 6.45) is 0. The summed E-state index contributed by atoms with van der Waals surface area (Å²) < 4.78 is 32.3. The predicted molar refractivity (Wildman–Crippen MR) is 376 cm³/mol. The van der Waals surface area contributed by atoms with Gasteiger partial charge in [0.1, 0.15) is 34.4 Å².